The molecule has 2 heterocycles. The van der Waals surface area contributed by atoms with Gasteiger partial charge in [-0.3, -0.25) is 9.48 Å². The van der Waals surface area contributed by atoms with Gasteiger partial charge in [0.1, 0.15) is 0 Å². The zero-order valence-electron chi connectivity index (χ0n) is 12.4. The number of piperazine rings is 1. The maximum Gasteiger partial charge on any atom is 0.357 e. The van der Waals surface area contributed by atoms with Gasteiger partial charge in [-0.15, -0.1) is 0 Å². The number of carboxylic acids is 1. The molecule has 1 fully saturated rings. The lowest BCUT2D eigenvalue weighted by Gasteiger charge is -2.33. The Balaban J connectivity index is 2.12. The monoisotopic (exact) mass is 330 g/mol. The van der Waals surface area contributed by atoms with Crippen molar-refractivity contribution in [1.29, 1.82) is 0 Å². The van der Waals surface area contributed by atoms with E-state index in [1.165, 1.54) is 27.1 Å². The third-order valence-electron chi connectivity index (χ3n) is 3.55. The Morgan fingerprint density at radius 3 is 2.36 bits per heavy atom. The molecular formula is C12H18N4O5S. The van der Waals surface area contributed by atoms with E-state index in [0.717, 1.165) is 0 Å². The summed E-state index contributed by atoms with van der Waals surface area (Å²) in [4.78, 5) is 25.0. The third kappa shape index (κ3) is 3.12. The van der Waals surface area contributed by atoms with Crippen molar-refractivity contribution in [2.75, 3.05) is 31.9 Å². The first kappa shape index (κ1) is 16.4. The molecule has 0 aromatic carbocycles. The number of sulfonamides is 1. The Bertz CT molecular complexity index is 688. The predicted octanol–water partition coefficient (Wildman–Crippen LogP) is -0.774. The highest BCUT2D eigenvalue weighted by atomic mass is 32.2. The average Bonchev–Trinajstić information content (AvgIpc) is 2.89. The van der Waals surface area contributed by atoms with Crippen LogP contribution in [-0.2, 0) is 17.1 Å². The maximum atomic E-state index is 12.4. The van der Waals surface area contributed by atoms with Crippen molar-refractivity contribution < 1.29 is 23.1 Å². The van der Waals surface area contributed by atoms with Crippen LogP contribution >= 0.6 is 0 Å². The lowest BCUT2D eigenvalue weighted by Crippen LogP contribution is -2.51. The van der Waals surface area contributed by atoms with Crippen LogP contribution in [0, 0.1) is 0 Å². The highest BCUT2D eigenvalue weighted by Crippen LogP contribution is 2.14. The lowest BCUT2D eigenvalue weighted by atomic mass is 10.2. The molecule has 1 saturated heterocycles. The van der Waals surface area contributed by atoms with Crippen molar-refractivity contribution in [3.8, 4) is 0 Å². The standard InChI is InChI=1S/C12H18N4O5S/c1-3-22(20,21)16-6-4-15(5-7-16)11(17)9-8-14(2)13-10(9)12(18)19/h8H,3-7H2,1-2H3,(H,18,19). The summed E-state index contributed by atoms with van der Waals surface area (Å²) < 4.78 is 26.2. The Kier molecular flexibility index (Phi) is 4.52. The summed E-state index contributed by atoms with van der Waals surface area (Å²) in [6.45, 7) is 2.45. The summed E-state index contributed by atoms with van der Waals surface area (Å²) in [6, 6.07) is 0. The molecule has 1 aliphatic heterocycles. The zero-order chi connectivity index (χ0) is 16.5. The van der Waals surface area contributed by atoms with Crippen molar-refractivity contribution in [1.82, 2.24) is 19.0 Å². The number of carbonyl (C=O) groups is 2. The molecule has 0 aliphatic carbocycles. The molecule has 1 aromatic heterocycles. The Morgan fingerprint density at radius 1 is 1.27 bits per heavy atom. The lowest BCUT2D eigenvalue weighted by molar-refractivity contribution is 0.0652. The molecule has 0 atom stereocenters. The summed E-state index contributed by atoms with van der Waals surface area (Å²) in [5.41, 5.74) is -0.280. The first-order chi connectivity index (χ1) is 10.3. The van der Waals surface area contributed by atoms with Crippen molar-refractivity contribution in [3.63, 3.8) is 0 Å². The van der Waals surface area contributed by atoms with E-state index in [1.54, 1.807) is 6.92 Å². The second-order valence-corrected chi connectivity index (χ2v) is 7.22. The number of aryl methyl sites for hydroxylation is 1. The number of carboxylic acid groups (broad SMARTS) is 1. The van der Waals surface area contributed by atoms with Gasteiger partial charge < -0.3 is 10.0 Å². The first-order valence-electron chi connectivity index (χ1n) is 6.80. The topological polar surface area (TPSA) is 113 Å². The van der Waals surface area contributed by atoms with E-state index in [0.29, 0.717) is 0 Å². The fourth-order valence-electron chi connectivity index (χ4n) is 2.33. The molecule has 10 heteroatoms. The largest absolute Gasteiger partial charge is 0.476 e. The molecular weight excluding hydrogens is 312 g/mol. The van der Waals surface area contributed by atoms with Gasteiger partial charge in [-0.2, -0.15) is 9.40 Å². The Labute approximate surface area is 128 Å². The number of hydrogen-bond donors (Lipinski definition) is 1. The number of amides is 1. The third-order valence-corrected chi connectivity index (χ3v) is 5.43. The smallest absolute Gasteiger partial charge is 0.357 e. The summed E-state index contributed by atoms with van der Waals surface area (Å²) in [7, 11) is -1.73. The fourth-order valence-corrected chi connectivity index (χ4v) is 3.41. The predicted molar refractivity (Wildman–Crippen MR) is 77.1 cm³/mol. The summed E-state index contributed by atoms with van der Waals surface area (Å²) >= 11 is 0. The molecule has 0 radical (unpaired) electrons. The van der Waals surface area contributed by atoms with Gasteiger partial charge in [0, 0.05) is 39.4 Å². The van der Waals surface area contributed by atoms with Crippen LogP contribution in [0.15, 0.2) is 6.20 Å². The van der Waals surface area contributed by atoms with Gasteiger partial charge in [-0.05, 0) is 6.92 Å². The van der Waals surface area contributed by atoms with Crippen LogP contribution in [-0.4, -0.2) is 76.3 Å². The summed E-state index contributed by atoms with van der Waals surface area (Å²) in [5, 5.41) is 12.8. The molecule has 1 aliphatic rings. The van der Waals surface area contributed by atoms with E-state index < -0.39 is 21.9 Å². The van der Waals surface area contributed by atoms with Crippen molar-refractivity contribution in [2.45, 2.75) is 6.92 Å². The SMILES string of the molecule is CCS(=O)(=O)N1CCN(C(=O)c2cn(C)nc2C(=O)O)CC1. The first-order valence-corrected chi connectivity index (χ1v) is 8.41. The number of aromatic carboxylic acids is 1. The van der Waals surface area contributed by atoms with Gasteiger partial charge in [0.25, 0.3) is 5.91 Å². The average molecular weight is 330 g/mol. The number of aromatic nitrogens is 2. The summed E-state index contributed by atoms with van der Waals surface area (Å²) in [5.74, 6) is -1.69. The normalized spacial score (nSPS) is 16.7. The van der Waals surface area contributed by atoms with Crippen molar-refractivity contribution in [2.24, 2.45) is 7.05 Å². The molecule has 1 N–H and O–H groups in total. The highest BCUT2D eigenvalue weighted by molar-refractivity contribution is 7.89. The molecule has 0 spiro atoms. The van der Waals surface area contributed by atoms with Gasteiger partial charge in [0.05, 0.1) is 11.3 Å². The van der Waals surface area contributed by atoms with E-state index in [9.17, 15) is 18.0 Å². The number of rotatable bonds is 4. The second-order valence-electron chi connectivity index (χ2n) is 4.96. The van der Waals surface area contributed by atoms with Crippen LogP contribution in [0.4, 0.5) is 0 Å². The van der Waals surface area contributed by atoms with Crippen LogP contribution in [0.3, 0.4) is 0 Å². The van der Waals surface area contributed by atoms with Crippen molar-refractivity contribution in [3.05, 3.63) is 17.5 Å². The molecule has 9 nitrogen and oxygen atoms in total. The van der Waals surface area contributed by atoms with Crippen LogP contribution in [0.2, 0.25) is 0 Å². The Hall–Kier alpha value is -1.94. The van der Waals surface area contributed by atoms with Crippen LogP contribution in [0.5, 0.6) is 0 Å². The van der Waals surface area contributed by atoms with Crippen molar-refractivity contribution >= 4 is 21.9 Å². The Morgan fingerprint density at radius 2 is 1.86 bits per heavy atom. The minimum Gasteiger partial charge on any atom is -0.476 e. The van der Waals surface area contributed by atoms with Gasteiger partial charge >= 0.3 is 5.97 Å². The fraction of sp³-hybridized carbons (Fsp3) is 0.583. The molecule has 1 amide bonds. The minimum absolute atomic E-state index is 0.0156. The van der Waals surface area contributed by atoms with Gasteiger partial charge in [-0.25, -0.2) is 13.2 Å². The zero-order valence-corrected chi connectivity index (χ0v) is 13.2. The molecule has 1 aromatic rings. The molecule has 22 heavy (non-hydrogen) atoms. The van der Waals surface area contributed by atoms with E-state index in [-0.39, 0.29) is 43.2 Å². The summed E-state index contributed by atoms with van der Waals surface area (Å²) in [6.07, 6.45) is 1.36. The van der Waals surface area contributed by atoms with E-state index in [1.807, 2.05) is 0 Å². The van der Waals surface area contributed by atoms with Gasteiger partial charge in [0.2, 0.25) is 10.0 Å². The number of hydrogen-bond acceptors (Lipinski definition) is 5. The van der Waals surface area contributed by atoms with Gasteiger partial charge in [-0.1, -0.05) is 0 Å². The van der Waals surface area contributed by atoms with Crippen LogP contribution in [0.1, 0.15) is 27.8 Å². The molecule has 0 saturated carbocycles. The molecule has 122 valence electrons. The van der Waals surface area contributed by atoms with Crippen LogP contribution in [0.25, 0.3) is 0 Å². The molecule has 0 bridgehead atoms. The molecule has 0 unspecified atom stereocenters. The minimum atomic E-state index is -3.27. The molecule has 2 rings (SSSR count). The van der Waals surface area contributed by atoms with Gasteiger partial charge in [0.15, 0.2) is 5.69 Å². The number of nitrogens with zero attached hydrogens (tertiary/aromatic N) is 4. The maximum absolute atomic E-state index is 12.4. The van der Waals surface area contributed by atoms with E-state index in [4.69, 9.17) is 5.11 Å². The number of carbonyl (C=O) groups excluding carboxylic acids is 1. The van der Waals surface area contributed by atoms with E-state index >= 15 is 0 Å². The highest BCUT2D eigenvalue weighted by Gasteiger charge is 2.30. The van der Waals surface area contributed by atoms with Crippen LogP contribution < -0.4 is 0 Å². The van der Waals surface area contributed by atoms with E-state index in [2.05, 4.69) is 5.10 Å². The quantitative estimate of drug-likeness (QED) is 0.775. The second kappa shape index (κ2) is 6.05.